The lowest BCUT2D eigenvalue weighted by Gasteiger charge is -2.38. The zero-order valence-corrected chi connectivity index (χ0v) is 13.5. The Kier molecular flexibility index (Phi) is 5.68. The minimum atomic E-state index is -3.91. The fraction of sp³-hybridized carbons (Fsp3) is 0.455. The van der Waals surface area contributed by atoms with E-state index in [0.717, 1.165) is 31.4 Å². The van der Waals surface area contributed by atoms with Gasteiger partial charge in [-0.2, -0.15) is 0 Å². The Hall–Kier alpha value is -0.110. The molecule has 0 heterocycles. The van der Waals surface area contributed by atoms with Crippen molar-refractivity contribution < 1.29 is 12.8 Å². The Labute approximate surface area is 133 Å². The lowest BCUT2D eigenvalue weighted by Crippen LogP contribution is -2.54. The maximum Gasteiger partial charge on any atom is 0.243 e. The summed E-state index contributed by atoms with van der Waals surface area (Å²) in [5.74, 6) is -0.691. The Morgan fingerprint density at radius 3 is 2.20 bits per heavy atom. The molecule has 1 aromatic rings. The Bertz CT molecular complexity index is 583. The van der Waals surface area contributed by atoms with Crippen molar-refractivity contribution >= 4 is 45.6 Å². The number of rotatable bonds is 4. The van der Waals surface area contributed by atoms with Crippen LogP contribution in [0.1, 0.15) is 19.3 Å². The third kappa shape index (κ3) is 3.75. The van der Waals surface area contributed by atoms with Gasteiger partial charge >= 0.3 is 0 Å². The smallest absolute Gasteiger partial charge is 0.243 e. The van der Waals surface area contributed by atoms with Crippen molar-refractivity contribution in [2.45, 2.75) is 29.7 Å². The molecule has 114 valence electrons. The Morgan fingerprint density at radius 2 is 1.80 bits per heavy atom. The summed E-state index contributed by atoms with van der Waals surface area (Å²) in [6.45, 7) is 0.110. The van der Waals surface area contributed by atoms with E-state index in [1.165, 1.54) is 0 Å². The summed E-state index contributed by atoms with van der Waals surface area (Å²) in [6, 6.07) is 1.81. The van der Waals surface area contributed by atoms with Gasteiger partial charge < -0.3 is 5.73 Å². The monoisotopic (exact) mass is 362 g/mol. The van der Waals surface area contributed by atoms with Crippen molar-refractivity contribution in [3.63, 3.8) is 0 Å². The summed E-state index contributed by atoms with van der Waals surface area (Å²) in [4.78, 5) is -0.319. The molecule has 0 spiro atoms. The van der Waals surface area contributed by atoms with Crippen LogP contribution < -0.4 is 10.5 Å². The number of nitrogens with two attached hydrogens (primary N) is 1. The fourth-order valence-electron chi connectivity index (χ4n) is 1.90. The molecule has 0 aromatic heterocycles. The van der Waals surface area contributed by atoms with Crippen molar-refractivity contribution in [3.05, 3.63) is 28.0 Å². The molecule has 2 rings (SSSR count). The number of nitrogens with one attached hydrogen (secondary N) is 1. The topological polar surface area (TPSA) is 72.2 Å². The third-order valence-electron chi connectivity index (χ3n) is 3.20. The van der Waals surface area contributed by atoms with Gasteiger partial charge in [-0.15, -0.1) is 12.4 Å². The third-order valence-corrected chi connectivity index (χ3v) is 5.52. The van der Waals surface area contributed by atoms with E-state index in [-0.39, 0.29) is 33.9 Å². The van der Waals surface area contributed by atoms with Crippen LogP contribution >= 0.6 is 35.6 Å². The van der Waals surface area contributed by atoms with Gasteiger partial charge in [-0.25, -0.2) is 17.5 Å². The minimum Gasteiger partial charge on any atom is -0.324 e. The lowest BCUT2D eigenvalue weighted by molar-refractivity contribution is 0.251. The summed E-state index contributed by atoms with van der Waals surface area (Å²) >= 11 is 11.5. The molecule has 0 amide bonds. The van der Waals surface area contributed by atoms with E-state index in [9.17, 15) is 12.8 Å². The number of hydrogen-bond acceptors (Lipinski definition) is 3. The second-order valence-corrected chi connectivity index (χ2v) is 7.26. The van der Waals surface area contributed by atoms with E-state index < -0.39 is 21.4 Å². The average molecular weight is 364 g/mol. The first-order valence-electron chi connectivity index (χ1n) is 5.67. The molecule has 1 saturated carbocycles. The summed E-state index contributed by atoms with van der Waals surface area (Å²) < 4.78 is 39.6. The van der Waals surface area contributed by atoms with Gasteiger partial charge in [0.15, 0.2) is 0 Å². The molecule has 1 aliphatic carbocycles. The van der Waals surface area contributed by atoms with E-state index in [0.29, 0.717) is 0 Å². The highest BCUT2D eigenvalue weighted by atomic mass is 35.5. The molecule has 0 saturated heterocycles. The van der Waals surface area contributed by atoms with Crippen LogP contribution in [0.3, 0.4) is 0 Å². The first-order chi connectivity index (χ1) is 8.73. The van der Waals surface area contributed by atoms with Crippen LogP contribution in [0.2, 0.25) is 10.0 Å². The molecule has 4 nitrogen and oxygen atoms in total. The Balaban J connectivity index is 0.00000200. The first kappa shape index (κ1) is 17.9. The van der Waals surface area contributed by atoms with E-state index in [1.54, 1.807) is 0 Å². The molecule has 3 N–H and O–H groups in total. The molecule has 9 heteroatoms. The highest BCUT2D eigenvalue weighted by Crippen LogP contribution is 2.32. The predicted octanol–water partition coefficient (Wildman–Crippen LogP) is 2.71. The normalized spacial score (nSPS) is 17.2. The highest BCUT2D eigenvalue weighted by Gasteiger charge is 2.34. The van der Waals surface area contributed by atoms with Crippen molar-refractivity contribution in [2.24, 2.45) is 5.73 Å². The molecule has 0 aliphatic heterocycles. The van der Waals surface area contributed by atoms with E-state index in [2.05, 4.69) is 4.72 Å². The van der Waals surface area contributed by atoms with E-state index >= 15 is 0 Å². The van der Waals surface area contributed by atoms with Crippen molar-refractivity contribution in [1.82, 2.24) is 4.72 Å². The SMILES string of the molecule is Cl.NC1(CNS(=O)(=O)c2c(Cl)cc(F)cc2Cl)CCC1. The average Bonchev–Trinajstić information content (AvgIpc) is 2.22. The minimum absolute atomic E-state index is 0. The number of benzene rings is 1. The second-order valence-electron chi connectivity index (χ2n) is 4.74. The van der Waals surface area contributed by atoms with Gasteiger partial charge in [0.2, 0.25) is 10.0 Å². The van der Waals surface area contributed by atoms with Gasteiger partial charge in [-0.1, -0.05) is 23.2 Å². The molecular weight excluding hydrogens is 350 g/mol. The number of halogens is 4. The molecule has 1 aliphatic rings. The molecule has 0 bridgehead atoms. The van der Waals surface area contributed by atoms with E-state index in [1.807, 2.05) is 0 Å². The van der Waals surface area contributed by atoms with Crippen LogP contribution in [-0.2, 0) is 10.0 Å². The molecule has 0 unspecified atom stereocenters. The van der Waals surface area contributed by atoms with Gasteiger partial charge in [-0.3, -0.25) is 0 Å². The molecule has 1 fully saturated rings. The zero-order chi connectivity index (χ0) is 14.3. The largest absolute Gasteiger partial charge is 0.324 e. The highest BCUT2D eigenvalue weighted by molar-refractivity contribution is 7.89. The van der Waals surface area contributed by atoms with Crippen LogP contribution in [-0.4, -0.2) is 20.5 Å². The summed E-state index contributed by atoms with van der Waals surface area (Å²) in [6.07, 6.45) is 2.51. The molecule has 0 radical (unpaired) electrons. The standard InChI is InChI=1S/C11H13Cl2FN2O2S.ClH/c12-8-4-7(14)5-9(13)10(8)19(17,18)16-6-11(15)2-1-3-11;/h4-5,16H,1-3,6,15H2;1H. The predicted molar refractivity (Wildman–Crippen MR) is 79.6 cm³/mol. The quantitative estimate of drug-likeness (QED) is 0.864. The summed E-state index contributed by atoms with van der Waals surface area (Å²) in [5, 5.41) is -0.505. The van der Waals surface area contributed by atoms with Gasteiger partial charge in [0.25, 0.3) is 0 Å². The summed E-state index contributed by atoms with van der Waals surface area (Å²) in [5.41, 5.74) is 5.43. The lowest BCUT2D eigenvalue weighted by atomic mass is 9.78. The van der Waals surface area contributed by atoms with Crippen LogP contribution in [0.5, 0.6) is 0 Å². The van der Waals surface area contributed by atoms with Crippen LogP contribution in [0, 0.1) is 5.82 Å². The molecule has 0 atom stereocenters. The van der Waals surface area contributed by atoms with Gasteiger partial charge in [0, 0.05) is 12.1 Å². The number of hydrogen-bond donors (Lipinski definition) is 2. The van der Waals surface area contributed by atoms with Gasteiger partial charge in [0.1, 0.15) is 10.7 Å². The zero-order valence-electron chi connectivity index (χ0n) is 10.3. The van der Waals surface area contributed by atoms with Crippen LogP contribution in [0.4, 0.5) is 4.39 Å². The van der Waals surface area contributed by atoms with Gasteiger partial charge in [-0.05, 0) is 31.4 Å². The van der Waals surface area contributed by atoms with E-state index in [4.69, 9.17) is 28.9 Å². The number of sulfonamides is 1. The second kappa shape index (κ2) is 6.34. The van der Waals surface area contributed by atoms with Crippen molar-refractivity contribution in [2.75, 3.05) is 6.54 Å². The first-order valence-corrected chi connectivity index (χ1v) is 7.91. The molecular formula is C11H14Cl3FN2O2S. The summed E-state index contributed by atoms with van der Waals surface area (Å²) in [7, 11) is -3.91. The van der Waals surface area contributed by atoms with Crippen LogP contribution in [0.15, 0.2) is 17.0 Å². The maximum absolute atomic E-state index is 13.0. The fourth-order valence-corrected chi connectivity index (χ4v) is 4.23. The van der Waals surface area contributed by atoms with Crippen molar-refractivity contribution in [1.29, 1.82) is 0 Å². The maximum atomic E-state index is 13.0. The molecule has 1 aromatic carbocycles. The molecule has 20 heavy (non-hydrogen) atoms. The van der Waals surface area contributed by atoms with Gasteiger partial charge in [0.05, 0.1) is 10.0 Å². The van der Waals surface area contributed by atoms with Crippen molar-refractivity contribution in [3.8, 4) is 0 Å². The Morgan fingerprint density at radius 1 is 1.30 bits per heavy atom. The van der Waals surface area contributed by atoms with Crippen LogP contribution in [0.25, 0.3) is 0 Å².